The summed E-state index contributed by atoms with van der Waals surface area (Å²) in [4.78, 5) is 38.0. The van der Waals surface area contributed by atoms with Crippen LogP contribution in [-0.2, 0) is 14.3 Å². The Morgan fingerprint density at radius 2 is 1.79 bits per heavy atom. The maximum atomic E-state index is 12.7. The number of ether oxygens (including phenoxy) is 1. The molecular formula is C20H17ClN2O5. The first-order valence-electron chi connectivity index (χ1n) is 8.43. The molecule has 0 saturated heterocycles. The van der Waals surface area contributed by atoms with Crippen molar-refractivity contribution in [2.75, 3.05) is 10.2 Å². The fourth-order valence-corrected chi connectivity index (χ4v) is 2.82. The highest BCUT2D eigenvalue weighted by Gasteiger charge is 2.39. The SMILES string of the molecule is CC(C)OC(=O)c1ccc(N2C(=O)C(Cl)=C(Nc3cccc(O)c3)C2=O)cc1. The second kappa shape index (κ2) is 7.74. The Kier molecular flexibility index (Phi) is 5.37. The van der Waals surface area contributed by atoms with Crippen molar-refractivity contribution in [3.05, 3.63) is 64.8 Å². The van der Waals surface area contributed by atoms with Gasteiger partial charge in [0.25, 0.3) is 11.8 Å². The highest BCUT2D eigenvalue weighted by Crippen LogP contribution is 2.30. The third-order valence-electron chi connectivity index (χ3n) is 3.85. The molecule has 2 N–H and O–H groups in total. The lowest BCUT2D eigenvalue weighted by Gasteiger charge is -2.16. The van der Waals surface area contributed by atoms with Crippen LogP contribution in [-0.4, -0.2) is 29.0 Å². The zero-order valence-corrected chi connectivity index (χ0v) is 15.9. The van der Waals surface area contributed by atoms with Gasteiger partial charge in [-0.15, -0.1) is 0 Å². The van der Waals surface area contributed by atoms with Gasteiger partial charge < -0.3 is 15.2 Å². The van der Waals surface area contributed by atoms with Crippen molar-refractivity contribution in [1.29, 1.82) is 0 Å². The van der Waals surface area contributed by atoms with Gasteiger partial charge in [0.05, 0.1) is 17.4 Å². The number of hydrogen-bond donors (Lipinski definition) is 2. The molecule has 0 radical (unpaired) electrons. The number of nitrogens with one attached hydrogen (secondary N) is 1. The summed E-state index contributed by atoms with van der Waals surface area (Å²) in [5, 5.41) is 12.0. The molecular weight excluding hydrogens is 384 g/mol. The molecule has 2 aromatic carbocycles. The molecule has 0 bridgehead atoms. The second-order valence-electron chi connectivity index (χ2n) is 6.31. The van der Waals surface area contributed by atoms with Crippen molar-refractivity contribution in [1.82, 2.24) is 0 Å². The number of amides is 2. The van der Waals surface area contributed by atoms with Crippen LogP contribution in [0, 0.1) is 0 Å². The molecule has 144 valence electrons. The van der Waals surface area contributed by atoms with Crippen LogP contribution in [0.25, 0.3) is 0 Å². The van der Waals surface area contributed by atoms with Gasteiger partial charge in [-0.2, -0.15) is 0 Å². The van der Waals surface area contributed by atoms with E-state index < -0.39 is 17.8 Å². The van der Waals surface area contributed by atoms with E-state index in [0.29, 0.717) is 11.3 Å². The van der Waals surface area contributed by atoms with E-state index in [4.69, 9.17) is 16.3 Å². The van der Waals surface area contributed by atoms with E-state index in [-0.39, 0.29) is 28.3 Å². The number of phenolic OH excluding ortho intramolecular Hbond substituents is 1. The minimum absolute atomic E-state index is 0.000719. The zero-order valence-electron chi connectivity index (χ0n) is 15.1. The molecule has 0 aromatic heterocycles. The fourth-order valence-electron chi connectivity index (χ4n) is 2.60. The molecule has 1 aliphatic heterocycles. The van der Waals surface area contributed by atoms with Gasteiger partial charge in [0.1, 0.15) is 16.5 Å². The van der Waals surface area contributed by atoms with E-state index in [2.05, 4.69) is 5.32 Å². The van der Waals surface area contributed by atoms with Crippen LogP contribution in [0.15, 0.2) is 59.3 Å². The number of aromatic hydroxyl groups is 1. The first kappa shape index (κ1) is 19.4. The first-order valence-corrected chi connectivity index (χ1v) is 8.81. The summed E-state index contributed by atoms with van der Waals surface area (Å²) in [6, 6.07) is 11.9. The molecule has 0 saturated carbocycles. The Labute approximate surface area is 166 Å². The molecule has 2 aromatic rings. The average molecular weight is 401 g/mol. The standard InChI is InChI=1S/C20H17ClN2O5/c1-11(2)28-20(27)12-6-8-14(9-7-12)23-18(25)16(21)17(19(23)26)22-13-4-3-5-15(24)10-13/h3-11,22,24H,1-2H3. The number of nitrogens with zero attached hydrogens (tertiary/aromatic N) is 1. The number of benzene rings is 2. The zero-order chi connectivity index (χ0) is 20.4. The van der Waals surface area contributed by atoms with E-state index in [1.807, 2.05) is 0 Å². The number of phenols is 1. The van der Waals surface area contributed by atoms with Gasteiger partial charge in [0, 0.05) is 11.8 Å². The third kappa shape index (κ3) is 3.84. The molecule has 28 heavy (non-hydrogen) atoms. The summed E-state index contributed by atoms with van der Waals surface area (Å²) in [5.74, 6) is -1.83. The Bertz CT molecular complexity index is 982. The molecule has 0 spiro atoms. The van der Waals surface area contributed by atoms with Gasteiger partial charge in [-0.25, -0.2) is 9.69 Å². The molecule has 8 heteroatoms. The van der Waals surface area contributed by atoms with E-state index >= 15 is 0 Å². The number of halogens is 1. The average Bonchev–Trinajstić information content (AvgIpc) is 2.85. The first-order chi connectivity index (χ1) is 13.3. The van der Waals surface area contributed by atoms with Crippen LogP contribution in [0.3, 0.4) is 0 Å². The lowest BCUT2D eigenvalue weighted by molar-refractivity contribution is -0.120. The van der Waals surface area contributed by atoms with Crippen molar-refractivity contribution < 1.29 is 24.2 Å². The quantitative estimate of drug-likeness (QED) is 0.590. The molecule has 0 aliphatic carbocycles. The van der Waals surface area contributed by atoms with Crippen molar-refractivity contribution in [2.24, 2.45) is 0 Å². The van der Waals surface area contributed by atoms with Crippen LogP contribution in [0.2, 0.25) is 0 Å². The van der Waals surface area contributed by atoms with Gasteiger partial charge in [-0.05, 0) is 50.2 Å². The lowest BCUT2D eigenvalue weighted by atomic mass is 10.2. The number of esters is 1. The molecule has 7 nitrogen and oxygen atoms in total. The summed E-state index contributed by atoms with van der Waals surface area (Å²) in [6.45, 7) is 3.48. The second-order valence-corrected chi connectivity index (χ2v) is 6.69. The summed E-state index contributed by atoms with van der Waals surface area (Å²) in [6.07, 6.45) is -0.261. The van der Waals surface area contributed by atoms with Crippen molar-refractivity contribution in [3.8, 4) is 5.75 Å². The predicted molar refractivity (Wildman–Crippen MR) is 104 cm³/mol. The van der Waals surface area contributed by atoms with E-state index in [0.717, 1.165) is 4.90 Å². The van der Waals surface area contributed by atoms with Crippen molar-refractivity contribution >= 4 is 40.8 Å². The highest BCUT2D eigenvalue weighted by molar-refractivity contribution is 6.53. The lowest BCUT2D eigenvalue weighted by Crippen LogP contribution is -2.32. The minimum atomic E-state index is -0.688. The van der Waals surface area contributed by atoms with E-state index in [1.165, 1.54) is 36.4 Å². The molecule has 0 unspecified atom stereocenters. The molecule has 1 aliphatic rings. The summed E-state index contributed by atoms with van der Waals surface area (Å²) in [7, 11) is 0. The third-order valence-corrected chi connectivity index (χ3v) is 4.20. The number of anilines is 2. The Morgan fingerprint density at radius 3 is 2.39 bits per heavy atom. The van der Waals surface area contributed by atoms with Crippen molar-refractivity contribution in [3.63, 3.8) is 0 Å². The number of rotatable bonds is 5. The van der Waals surface area contributed by atoms with Crippen LogP contribution in [0.5, 0.6) is 5.75 Å². The van der Waals surface area contributed by atoms with Crippen LogP contribution in [0.4, 0.5) is 11.4 Å². The van der Waals surface area contributed by atoms with Gasteiger partial charge in [0.15, 0.2) is 0 Å². The topological polar surface area (TPSA) is 95.9 Å². The maximum Gasteiger partial charge on any atom is 0.338 e. The van der Waals surface area contributed by atoms with Gasteiger partial charge in [0.2, 0.25) is 0 Å². The Balaban J connectivity index is 1.82. The van der Waals surface area contributed by atoms with Crippen LogP contribution >= 0.6 is 11.6 Å². The molecule has 2 amide bonds. The maximum absolute atomic E-state index is 12.7. The van der Waals surface area contributed by atoms with Crippen LogP contribution in [0.1, 0.15) is 24.2 Å². The summed E-state index contributed by atoms with van der Waals surface area (Å²) >= 11 is 6.07. The predicted octanol–water partition coefficient (Wildman–Crippen LogP) is 3.39. The van der Waals surface area contributed by atoms with E-state index in [1.54, 1.807) is 26.0 Å². The minimum Gasteiger partial charge on any atom is -0.508 e. The number of hydrogen-bond acceptors (Lipinski definition) is 6. The van der Waals surface area contributed by atoms with Gasteiger partial charge in [-0.1, -0.05) is 17.7 Å². The highest BCUT2D eigenvalue weighted by atomic mass is 35.5. The Morgan fingerprint density at radius 1 is 1.11 bits per heavy atom. The summed E-state index contributed by atoms with van der Waals surface area (Å²) < 4.78 is 5.11. The molecule has 0 atom stereocenters. The monoisotopic (exact) mass is 400 g/mol. The number of carbonyl (C=O) groups is 3. The fraction of sp³-hybridized carbons (Fsp3) is 0.150. The largest absolute Gasteiger partial charge is 0.508 e. The Hall–Kier alpha value is -3.32. The van der Waals surface area contributed by atoms with Crippen LogP contribution < -0.4 is 10.2 Å². The molecule has 1 heterocycles. The normalized spacial score (nSPS) is 14.1. The van der Waals surface area contributed by atoms with Crippen molar-refractivity contribution in [2.45, 2.75) is 20.0 Å². The number of carbonyl (C=O) groups excluding carboxylic acids is 3. The molecule has 0 fully saturated rings. The summed E-state index contributed by atoms with van der Waals surface area (Å²) in [5.41, 5.74) is 0.874. The molecule has 3 rings (SSSR count). The van der Waals surface area contributed by atoms with E-state index in [9.17, 15) is 19.5 Å². The van der Waals surface area contributed by atoms with Gasteiger partial charge >= 0.3 is 5.97 Å². The number of imide groups is 1. The smallest absolute Gasteiger partial charge is 0.338 e. The van der Waals surface area contributed by atoms with Gasteiger partial charge in [-0.3, -0.25) is 9.59 Å².